The summed E-state index contributed by atoms with van der Waals surface area (Å²) in [5, 5.41) is 3.00. The van der Waals surface area contributed by atoms with Crippen molar-refractivity contribution in [1.82, 2.24) is 14.9 Å². The molecule has 2 saturated heterocycles. The Morgan fingerprint density at radius 2 is 1.72 bits per heavy atom. The molecule has 2 amide bonds. The first kappa shape index (κ1) is 25.1. The Kier molecular flexibility index (Phi) is 6.98. The first-order valence-electron chi connectivity index (χ1n) is 13.4. The van der Waals surface area contributed by atoms with E-state index in [1.165, 1.54) is 11.6 Å². The zero-order valence-electron chi connectivity index (χ0n) is 21.9. The van der Waals surface area contributed by atoms with Crippen molar-refractivity contribution in [2.45, 2.75) is 25.4 Å². The quantitative estimate of drug-likeness (QED) is 0.493. The maximum Gasteiger partial charge on any atom is 0.255 e. The van der Waals surface area contributed by atoms with Gasteiger partial charge in [-0.2, -0.15) is 0 Å². The number of carbonyl (C=O) groups is 2. The van der Waals surface area contributed by atoms with Crippen molar-refractivity contribution >= 4 is 29.0 Å². The van der Waals surface area contributed by atoms with Gasteiger partial charge < -0.3 is 24.8 Å². The first-order chi connectivity index (χ1) is 19.1. The molecule has 3 aliphatic rings. The minimum atomic E-state index is -0.150. The van der Waals surface area contributed by atoms with Crippen molar-refractivity contribution in [1.29, 1.82) is 0 Å². The number of nitrogens with zero attached hydrogens (tertiary/aromatic N) is 5. The summed E-state index contributed by atoms with van der Waals surface area (Å²) < 4.78 is 5.50. The average Bonchev–Trinajstić information content (AvgIpc) is 3.66. The zero-order chi connectivity index (χ0) is 26.8. The number of aromatic nitrogens is 2. The highest BCUT2D eigenvalue weighted by Crippen LogP contribution is 2.33. The van der Waals surface area contributed by atoms with Crippen LogP contribution < -0.4 is 15.1 Å². The lowest BCUT2D eigenvalue weighted by atomic mass is 9.97. The highest BCUT2D eigenvalue weighted by Gasteiger charge is 2.28. The van der Waals surface area contributed by atoms with Crippen LogP contribution in [0.15, 0.2) is 67.5 Å². The number of nitrogens with one attached hydrogen (secondary N) is 1. The first-order valence-corrected chi connectivity index (χ1v) is 13.4. The molecule has 39 heavy (non-hydrogen) atoms. The second-order valence-corrected chi connectivity index (χ2v) is 10.2. The number of carbonyl (C=O) groups excluding carboxylic acids is 2. The molecule has 6 rings (SSSR count). The molecule has 0 saturated carbocycles. The number of hydrogen-bond acceptors (Lipinski definition) is 7. The average molecular weight is 525 g/mol. The van der Waals surface area contributed by atoms with Crippen LogP contribution in [0.5, 0.6) is 0 Å². The number of morpholine rings is 1. The summed E-state index contributed by atoms with van der Waals surface area (Å²) >= 11 is 0. The van der Waals surface area contributed by atoms with E-state index in [0.717, 1.165) is 80.8 Å². The SMILES string of the molecule is C=CC(=O)N1CC[C@@H](c2ccc(C(=O)Nc3ccc(N4Cc5ncnc(N6CCOCC6)c5C4)cc3)cc2)C1. The maximum atomic E-state index is 12.9. The predicted molar refractivity (Wildman–Crippen MR) is 150 cm³/mol. The second-order valence-electron chi connectivity index (χ2n) is 10.2. The number of likely N-dealkylation sites (tertiary alicyclic amines) is 1. The fourth-order valence-corrected chi connectivity index (χ4v) is 5.62. The van der Waals surface area contributed by atoms with Gasteiger partial charge in [0.25, 0.3) is 5.91 Å². The molecule has 0 aliphatic carbocycles. The lowest BCUT2D eigenvalue weighted by molar-refractivity contribution is -0.125. The molecule has 3 aromatic rings. The third kappa shape index (κ3) is 5.22. The van der Waals surface area contributed by atoms with Crippen molar-refractivity contribution in [2.24, 2.45) is 0 Å². The molecular formula is C30H32N6O3. The molecule has 1 N–H and O–H groups in total. The van der Waals surface area contributed by atoms with Gasteiger partial charge in [-0.05, 0) is 54.5 Å². The summed E-state index contributed by atoms with van der Waals surface area (Å²) in [4.78, 5) is 40.3. The second kappa shape index (κ2) is 10.9. The van der Waals surface area contributed by atoms with Crippen LogP contribution in [0.25, 0.3) is 0 Å². The summed E-state index contributed by atoms with van der Waals surface area (Å²) in [6.45, 7) is 9.60. The van der Waals surface area contributed by atoms with Gasteiger partial charge in [0.15, 0.2) is 0 Å². The molecule has 200 valence electrons. The summed E-state index contributed by atoms with van der Waals surface area (Å²) in [5.74, 6) is 1.12. The van der Waals surface area contributed by atoms with Crippen molar-refractivity contribution in [3.63, 3.8) is 0 Å². The Balaban J connectivity index is 1.07. The van der Waals surface area contributed by atoms with E-state index >= 15 is 0 Å². The van der Waals surface area contributed by atoms with Crippen LogP contribution in [0.3, 0.4) is 0 Å². The molecule has 1 aromatic heterocycles. The Bertz CT molecular complexity index is 1370. The summed E-state index contributed by atoms with van der Waals surface area (Å²) in [6, 6.07) is 15.6. The minimum absolute atomic E-state index is 0.0276. The van der Waals surface area contributed by atoms with Crippen LogP contribution >= 0.6 is 0 Å². The number of fused-ring (bicyclic) bond motifs is 1. The van der Waals surface area contributed by atoms with Crippen molar-refractivity contribution in [2.75, 3.05) is 54.5 Å². The van der Waals surface area contributed by atoms with Crippen molar-refractivity contribution in [3.8, 4) is 0 Å². The van der Waals surface area contributed by atoms with Gasteiger partial charge in [0.1, 0.15) is 12.1 Å². The zero-order valence-corrected chi connectivity index (χ0v) is 21.9. The van der Waals surface area contributed by atoms with Gasteiger partial charge in [-0.3, -0.25) is 9.59 Å². The maximum absolute atomic E-state index is 12.9. The molecule has 3 aliphatic heterocycles. The fraction of sp³-hybridized carbons (Fsp3) is 0.333. The topological polar surface area (TPSA) is 90.9 Å². The number of ether oxygens (including phenoxy) is 1. The van der Waals surface area contributed by atoms with E-state index in [1.807, 2.05) is 53.4 Å². The standard InChI is InChI=1S/C30H32N6O3/c1-2-28(37)35-12-11-23(17-35)21-3-5-22(6-4-21)30(38)33-24-7-9-25(10-8-24)36-18-26-27(19-36)31-20-32-29(26)34-13-15-39-16-14-34/h2-10,20,23H,1,11-19H2,(H,33,38)/t23-/m1/s1. The van der Waals surface area contributed by atoms with E-state index in [0.29, 0.717) is 12.1 Å². The lowest BCUT2D eigenvalue weighted by Gasteiger charge is -2.29. The van der Waals surface area contributed by atoms with E-state index in [9.17, 15) is 9.59 Å². The summed E-state index contributed by atoms with van der Waals surface area (Å²) in [5.41, 5.74) is 5.80. The smallest absolute Gasteiger partial charge is 0.255 e. The number of benzene rings is 2. The van der Waals surface area contributed by atoms with Gasteiger partial charge in [0, 0.05) is 61.1 Å². The Hall–Kier alpha value is -4.24. The molecule has 2 fully saturated rings. The van der Waals surface area contributed by atoms with E-state index in [2.05, 4.69) is 31.7 Å². The normalized spacial score (nSPS) is 18.7. The highest BCUT2D eigenvalue weighted by atomic mass is 16.5. The Labute approximate surface area is 228 Å². The van der Waals surface area contributed by atoms with Crippen LogP contribution in [-0.4, -0.2) is 66.1 Å². The van der Waals surface area contributed by atoms with Crippen LogP contribution in [0, 0.1) is 0 Å². The van der Waals surface area contributed by atoms with Crippen LogP contribution in [-0.2, 0) is 22.6 Å². The van der Waals surface area contributed by atoms with E-state index in [4.69, 9.17) is 4.74 Å². The van der Waals surface area contributed by atoms with Gasteiger partial charge in [-0.15, -0.1) is 0 Å². The largest absolute Gasteiger partial charge is 0.378 e. The van der Waals surface area contributed by atoms with Crippen LogP contribution in [0.1, 0.15) is 39.5 Å². The summed E-state index contributed by atoms with van der Waals surface area (Å²) in [7, 11) is 0. The lowest BCUT2D eigenvalue weighted by Crippen LogP contribution is -2.37. The van der Waals surface area contributed by atoms with Gasteiger partial charge in [0.05, 0.1) is 25.5 Å². The van der Waals surface area contributed by atoms with E-state index in [-0.39, 0.29) is 17.7 Å². The Morgan fingerprint density at radius 1 is 0.949 bits per heavy atom. The molecule has 0 unspecified atom stereocenters. The molecule has 4 heterocycles. The molecule has 0 radical (unpaired) electrons. The van der Waals surface area contributed by atoms with E-state index < -0.39 is 0 Å². The molecule has 0 spiro atoms. The third-order valence-corrected chi connectivity index (χ3v) is 7.82. The number of amides is 2. The molecule has 0 bridgehead atoms. The van der Waals surface area contributed by atoms with E-state index in [1.54, 1.807) is 6.33 Å². The summed E-state index contributed by atoms with van der Waals surface area (Å²) in [6.07, 6.45) is 3.94. The monoisotopic (exact) mass is 524 g/mol. The molecule has 9 heteroatoms. The van der Waals surface area contributed by atoms with Crippen LogP contribution in [0.2, 0.25) is 0 Å². The van der Waals surface area contributed by atoms with Gasteiger partial charge in [-0.25, -0.2) is 9.97 Å². The fourth-order valence-electron chi connectivity index (χ4n) is 5.62. The minimum Gasteiger partial charge on any atom is -0.378 e. The van der Waals surface area contributed by atoms with Gasteiger partial charge in [0.2, 0.25) is 5.91 Å². The highest BCUT2D eigenvalue weighted by molar-refractivity contribution is 6.04. The van der Waals surface area contributed by atoms with Gasteiger partial charge in [-0.1, -0.05) is 18.7 Å². The van der Waals surface area contributed by atoms with Crippen molar-refractivity contribution < 1.29 is 14.3 Å². The van der Waals surface area contributed by atoms with Gasteiger partial charge >= 0.3 is 0 Å². The number of hydrogen-bond donors (Lipinski definition) is 1. The molecule has 1 atom stereocenters. The third-order valence-electron chi connectivity index (χ3n) is 7.82. The molecule has 2 aromatic carbocycles. The van der Waals surface area contributed by atoms with Crippen molar-refractivity contribution in [3.05, 3.63) is 89.9 Å². The predicted octanol–water partition coefficient (Wildman–Crippen LogP) is 3.59. The molecule has 9 nitrogen and oxygen atoms in total. The number of rotatable bonds is 6. The molecular weight excluding hydrogens is 492 g/mol. The Morgan fingerprint density at radius 3 is 2.46 bits per heavy atom. The van der Waals surface area contributed by atoms with Crippen LogP contribution in [0.4, 0.5) is 17.2 Å². The number of anilines is 3.